The summed E-state index contributed by atoms with van der Waals surface area (Å²) < 4.78 is 0. The molecule has 0 spiro atoms. The maximum absolute atomic E-state index is 11.8. The van der Waals surface area contributed by atoms with Crippen molar-refractivity contribution >= 4 is 5.91 Å². The number of nitrogens with one attached hydrogen (secondary N) is 1. The van der Waals surface area contributed by atoms with Gasteiger partial charge in [-0.2, -0.15) is 0 Å². The van der Waals surface area contributed by atoms with Crippen molar-refractivity contribution in [3.8, 4) is 5.75 Å². The average molecular weight is 250 g/mol. The van der Waals surface area contributed by atoms with Crippen molar-refractivity contribution in [1.82, 2.24) is 10.2 Å². The Balaban J connectivity index is 2.42. The smallest absolute Gasteiger partial charge is 0.236 e. The summed E-state index contributed by atoms with van der Waals surface area (Å²) in [5.41, 5.74) is 1.01. The van der Waals surface area contributed by atoms with Crippen LogP contribution in [0.2, 0.25) is 0 Å². The van der Waals surface area contributed by atoms with Crippen LogP contribution in [0.4, 0.5) is 0 Å². The number of nitrogens with zero attached hydrogens (tertiary/aromatic N) is 1. The number of carbonyl (C=O) groups is 1. The first kappa shape index (κ1) is 14.5. The van der Waals surface area contributed by atoms with Gasteiger partial charge in [-0.25, -0.2) is 0 Å². The van der Waals surface area contributed by atoms with E-state index in [2.05, 4.69) is 19.2 Å². The van der Waals surface area contributed by atoms with E-state index in [1.165, 1.54) is 0 Å². The van der Waals surface area contributed by atoms with Gasteiger partial charge in [0.25, 0.3) is 0 Å². The Hall–Kier alpha value is -1.55. The number of phenolic OH excluding ortho intramolecular Hbond substituents is 1. The molecule has 4 heteroatoms. The van der Waals surface area contributed by atoms with Gasteiger partial charge in [0.2, 0.25) is 5.91 Å². The largest absolute Gasteiger partial charge is 0.508 e. The normalized spacial score (nSPS) is 12.2. The maximum Gasteiger partial charge on any atom is 0.236 e. The number of carbonyl (C=O) groups excluding carboxylic acids is 1. The summed E-state index contributed by atoms with van der Waals surface area (Å²) >= 11 is 0. The van der Waals surface area contributed by atoms with Crippen molar-refractivity contribution < 1.29 is 9.90 Å². The summed E-state index contributed by atoms with van der Waals surface area (Å²) in [6.07, 6.45) is 1.01. The molecule has 100 valence electrons. The van der Waals surface area contributed by atoms with Gasteiger partial charge in [-0.1, -0.05) is 19.1 Å². The van der Waals surface area contributed by atoms with Gasteiger partial charge in [-0.3, -0.25) is 4.79 Å². The molecule has 0 aliphatic carbocycles. The molecule has 0 aromatic heterocycles. The Morgan fingerprint density at radius 3 is 2.56 bits per heavy atom. The molecule has 0 heterocycles. The fourth-order valence-corrected chi connectivity index (χ4v) is 1.50. The summed E-state index contributed by atoms with van der Waals surface area (Å²) in [5, 5.41) is 12.4. The minimum atomic E-state index is 0.0726. The van der Waals surface area contributed by atoms with E-state index in [-0.39, 0.29) is 11.7 Å². The predicted octanol–water partition coefficient (Wildman–Crippen LogP) is 1.74. The van der Waals surface area contributed by atoms with E-state index >= 15 is 0 Å². The Morgan fingerprint density at radius 1 is 1.39 bits per heavy atom. The number of rotatable bonds is 6. The lowest BCUT2D eigenvalue weighted by Crippen LogP contribution is -2.38. The molecule has 18 heavy (non-hydrogen) atoms. The van der Waals surface area contributed by atoms with Crippen LogP contribution in [0.25, 0.3) is 0 Å². The van der Waals surface area contributed by atoms with E-state index in [9.17, 15) is 9.90 Å². The highest BCUT2D eigenvalue weighted by molar-refractivity contribution is 5.78. The quantitative estimate of drug-likeness (QED) is 0.808. The van der Waals surface area contributed by atoms with E-state index in [0.29, 0.717) is 19.1 Å². The minimum absolute atomic E-state index is 0.0726. The fraction of sp³-hybridized carbons (Fsp3) is 0.500. The molecule has 1 aromatic carbocycles. The first-order valence-electron chi connectivity index (χ1n) is 6.28. The summed E-state index contributed by atoms with van der Waals surface area (Å²) in [7, 11) is 1.79. The number of likely N-dealkylation sites (N-methyl/N-ethyl adjacent to an activating group) is 1. The predicted molar refractivity (Wildman–Crippen MR) is 72.3 cm³/mol. The number of benzene rings is 1. The molecular formula is C14H22N2O2. The van der Waals surface area contributed by atoms with Crippen molar-refractivity contribution in [1.29, 1.82) is 0 Å². The molecule has 1 rings (SSSR count). The number of phenols is 1. The Morgan fingerprint density at radius 2 is 2.00 bits per heavy atom. The lowest BCUT2D eigenvalue weighted by molar-refractivity contribution is -0.129. The number of hydrogen-bond donors (Lipinski definition) is 2. The molecule has 1 amide bonds. The van der Waals surface area contributed by atoms with Crippen LogP contribution in [-0.4, -0.2) is 35.5 Å². The van der Waals surface area contributed by atoms with Crippen LogP contribution in [-0.2, 0) is 11.3 Å². The van der Waals surface area contributed by atoms with Crippen LogP contribution < -0.4 is 5.32 Å². The van der Waals surface area contributed by atoms with Gasteiger partial charge in [0, 0.05) is 19.6 Å². The van der Waals surface area contributed by atoms with Crippen molar-refractivity contribution in [3.05, 3.63) is 29.8 Å². The highest BCUT2D eigenvalue weighted by atomic mass is 16.3. The van der Waals surface area contributed by atoms with Gasteiger partial charge < -0.3 is 15.3 Å². The number of hydrogen-bond acceptors (Lipinski definition) is 3. The Labute approximate surface area is 109 Å². The maximum atomic E-state index is 11.8. The van der Waals surface area contributed by atoms with Gasteiger partial charge in [0.15, 0.2) is 0 Å². The van der Waals surface area contributed by atoms with Crippen LogP contribution in [0.5, 0.6) is 5.75 Å². The topological polar surface area (TPSA) is 52.6 Å². The Kier molecular flexibility index (Phi) is 5.65. The third-order valence-corrected chi connectivity index (χ3v) is 3.00. The van der Waals surface area contributed by atoms with Crippen molar-refractivity contribution in [2.24, 2.45) is 0 Å². The van der Waals surface area contributed by atoms with Gasteiger partial charge in [0.1, 0.15) is 5.75 Å². The molecule has 0 aliphatic rings. The van der Waals surface area contributed by atoms with Gasteiger partial charge in [-0.05, 0) is 31.0 Å². The zero-order chi connectivity index (χ0) is 13.5. The third-order valence-electron chi connectivity index (χ3n) is 3.00. The lowest BCUT2D eigenvalue weighted by atomic mass is 10.2. The summed E-state index contributed by atoms with van der Waals surface area (Å²) in [6.45, 7) is 5.07. The van der Waals surface area contributed by atoms with Crippen molar-refractivity contribution in [3.63, 3.8) is 0 Å². The van der Waals surface area contributed by atoms with Crippen molar-refractivity contribution in [2.45, 2.75) is 32.9 Å². The number of amides is 1. The summed E-state index contributed by atoms with van der Waals surface area (Å²) in [6, 6.07) is 7.26. The average Bonchev–Trinajstić information content (AvgIpc) is 2.38. The van der Waals surface area contributed by atoms with E-state index in [1.54, 1.807) is 24.1 Å². The molecule has 0 saturated carbocycles. The second kappa shape index (κ2) is 7.01. The van der Waals surface area contributed by atoms with Crippen molar-refractivity contribution in [2.75, 3.05) is 13.6 Å². The SMILES string of the molecule is CCC(C)NCC(=O)N(C)Cc1ccc(O)cc1. The lowest BCUT2D eigenvalue weighted by Gasteiger charge is -2.19. The first-order valence-corrected chi connectivity index (χ1v) is 6.28. The van der Waals surface area contributed by atoms with Gasteiger partial charge >= 0.3 is 0 Å². The molecule has 0 radical (unpaired) electrons. The highest BCUT2D eigenvalue weighted by Crippen LogP contribution is 2.11. The van der Waals surface area contributed by atoms with Gasteiger partial charge in [0.05, 0.1) is 6.54 Å². The summed E-state index contributed by atoms with van der Waals surface area (Å²) in [5.74, 6) is 0.314. The van der Waals surface area contributed by atoms with E-state index in [1.807, 2.05) is 12.1 Å². The molecular weight excluding hydrogens is 228 g/mol. The third kappa shape index (κ3) is 4.75. The summed E-state index contributed by atoms with van der Waals surface area (Å²) in [4.78, 5) is 13.5. The second-order valence-corrected chi connectivity index (χ2v) is 4.61. The molecule has 1 atom stereocenters. The molecule has 4 nitrogen and oxygen atoms in total. The van der Waals surface area contributed by atoms with Crippen LogP contribution in [0, 0.1) is 0 Å². The molecule has 0 bridgehead atoms. The standard InChI is InChI=1S/C14H22N2O2/c1-4-11(2)15-9-14(18)16(3)10-12-5-7-13(17)8-6-12/h5-8,11,15,17H,4,9-10H2,1-3H3. The first-order chi connectivity index (χ1) is 8.52. The highest BCUT2D eigenvalue weighted by Gasteiger charge is 2.10. The van der Waals surface area contributed by atoms with E-state index in [4.69, 9.17) is 0 Å². The van der Waals surface area contributed by atoms with E-state index < -0.39 is 0 Å². The number of aromatic hydroxyl groups is 1. The molecule has 2 N–H and O–H groups in total. The zero-order valence-electron chi connectivity index (χ0n) is 11.3. The van der Waals surface area contributed by atoms with Crippen LogP contribution in [0.3, 0.4) is 0 Å². The molecule has 1 aromatic rings. The second-order valence-electron chi connectivity index (χ2n) is 4.61. The Bertz CT molecular complexity index is 376. The zero-order valence-corrected chi connectivity index (χ0v) is 11.3. The molecule has 0 aliphatic heterocycles. The fourth-order valence-electron chi connectivity index (χ4n) is 1.50. The molecule has 0 saturated heterocycles. The van der Waals surface area contributed by atoms with Gasteiger partial charge in [-0.15, -0.1) is 0 Å². The van der Waals surface area contributed by atoms with Crippen LogP contribution in [0.15, 0.2) is 24.3 Å². The minimum Gasteiger partial charge on any atom is -0.508 e. The van der Waals surface area contributed by atoms with Crippen LogP contribution >= 0.6 is 0 Å². The monoisotopic (exact) mass is 250 g/mol. The van der Waals surface area contributed by atoms with Crippen LogP contribution in [0.1, 0.15) is 25.8 Å². The molecule has 0 fully saturated rings. The van der Waals surface area contributed by atoms with E-state index in [0.717, 1.165) is 12.0 Å². The molecule has 1 unspecified atom stereocenters.